The molecule has 3 fully saturated rings. The maximum atomic E-state index is 16.1. The van der Waals surface area contributed by atoms with E-state index in [1.807, 2.05) is 15.4 Å². The van der Waals surface area contributed by atoms with Gasteiger partial charge in [0.2, 0.25) is 5.91 Å². The molecule has 0 radical (unpaired) electrons. The molecule has 2 atom stereocenters. The van der Waals surface area contributed by atoms with Crippen LogP contribution in [0.2, 0.25) is 0 Å². The summed E-state index contributed by atoms with van der Waals surface area (Å²) in [5.74, 6) is -0.0885. The van der Waals surface area contributed by atoms with Crippen molar-refractivity contribution in [2.24, 2.45) is 5.41 Å². The summed E-state index contributed by atoms with van der Waals surface area (Å²) < 4.78 is 23.8. The Kier molecular flexibility index (Phi) is 6.27. The van der Waals surface area contributed by atoms with Gasteiger partial charge in [-0.05, 0) is 62.3 Å². The van der Waals surface area contributed by atoms with Crippen LogP contribution in [-0.2, 0) is 4.79 Å². The van der Waals surface area contributed by atoms with Gasteiger partial charge in [-0.15, -0.1) is 0 Å². The van der Waals surface area contributed by atoms with Gasteiger partial charge >= 0.3 is 0 Å². The lowest BCUT2D eigenvalue weighted by atomic mass is 9.86. The van der Waals surface area contributed by atoms with Crippen molar-refractivity contribution in [1.82, 2.24) is 24.3 Å². The number of ether oxygens (including phenoxy) is 1. The largest absolute Gasteiger partial charge is 0.493 e. The van der Waals surface area contributed by atoms with Crippen LogP contribution < -0.4 is 15.8 Å². The van der Waals surface area contributed by atoms with Gasteiger partial charge in [0.15, 0.2) is 0 Å². The Labute approximate surface area is 246 Å². The minimum atomic E-state index is -0.723. The number of hydrogen-bond donors (Lipinski definition) is 2. The van der Waals surface area contributed by atoms with Gasteiger partial charge in [-0.2, -0.15) is 5.26 Å². The highest BCUT2D eigenvalue weighted by Crippen LogP contribution is 2.60. The number of imidazole rings is 1. The Bertz CT molecular complexity index is 1840. The molecule has 1 spiro atoms. The van der Waals surface area contributed by atoms with E-state index in [4.69, 9.17) is 20.7 Å². The number of pyridine rings is 1. The van der Waals surface area contributed by atoms with Crippen LogP contribution in [0.3, 0.4) is 0 Å². The Morgan fingerprint density at radius 2 is 2.09 bits per heavy atom. The molecule has 12 heteroatoms. The van der Waals surface area contributed by atoms with Crippen LogP contribution in [0.4, 0.5) is 16.0 Å². The van der Waals surface area contributed by atoms with Crippen molar-refractivity contribution in [3.05, 3.63) is 65.6 Å². The maximum absolute atomic E-state index is 16.1. The van der Waals surface area contributed by atoms with E-state index in [2.05, 4.69) is 15.3 Å². The zero-order valence-corrected chi connectivity index (χ0v) is 23.5. The summed E-state index contributed by atoms with van der Waals surface area (Å²) in [6.07, 6.45) is 9.31. The summed E-state index contributed by atoms with van der Waals surface area (Å²) in [7, 11) is 0. The summed E-state index contributed by atoms with van der Waals surface area (Å²) in [6, 6.07) is 7.78. The van der Waals surface area contributed by atoms with E-state index >= 15 is 4.39 Å². The summed E-state index contributed by atoms with van der Waals surface area (Å²) >= 11 is 0. The standard InChI is InChI=1S/C31H29FN8O3/c1-2-43-21-13-19(30(42)37-23-11-17(15-33)5-8-35-23)12-20(32)25(21)26-27-28(34)36-9-10-39(27)29(38-26)18-3-4-22-31(6-7-31)14-24(41)40(22)16-18/h5,8-13,18,22H,2-4,6-7,14,16H2,1H3,(H2,34,36)(H,35,37,42). The number of aromatic nitrogens is 4. The van der Waals surface area contributed by atoms with Crippen LogP contribution in [0.5, 0.6) is 5.75 Å². The van der Waals surface area contributed by atoms with Gasteiger partial charge in [0, 0.05) is 49.1 Å². The third kappa shape index (κ3) is 4.43. The van der Waals surface area contributed by atoms with Crippen molar-refractivity contribution in [2.45, 2.75) is 51.0 Å². The van der Waals surface area contributed by atoms with E-state index in [9.17, 15) is 9.59 Å². The number of nitrogen functional groups attached to an aromatic ring is 1. The molecule has 1 saturated carbocycles. The molecule has 3 aromatic heterocycles. The fraction of sp³-hybridized carbons (Fsp3) is 0.355. The van der Waals surface area contributed by atoms with Crippen LogP contribution in [0.1, 0.15) is 66.7 Å². The lowest BCUT2D eigenvalue weighted by Crippen LogP contribution is -2.43. The first-order valence-electron chi connectivity index (χ1n) is 14.4. The van der Waals surface area contributed by atoms with Crippen LogP contribution in [0.25, 0.3) is 16.8 Å². The number of benzene rings is 1. The normalized spacial score (nSPS) is 20.2. The average Bonchev–Trinajstić information content (AvgIpc) is 3.59. The number of piperidine rings is 1. The van der Waals surface area contributed by atoms with Crippen molar-refractivity contribution in [1.29, 1.82) is 5.26 Å². The van der Waals surface area contributed by atoms with E-state index in [0.717, 1.165) is 31.7 Å². The first-order valence-corrected chi connectivity index (χ1v) is 14.4. The monoisotopic (exact) mass is 580 g/mol. The molecule has 3 aliphatic rings. The Morgan fingerprint density at radius 3 is 2.86 bits per heavy atom. The third-order valence-corrected chi connectivity index (χ3v) is 8.96. The molecule has 3 N–H and O–H groups in total. The van der Waals surface area contributed by atoms with Crippen LogP contribution in [-0.4, -0.2) is 55.3 Å². The molecule has 0 bridgehead atoms. The van der Waals surface area contributed by atoms with Gasteiger partial charge in [-0.1, -0.05) is 0 Å². The lowest BCUT2D eigenvalue weighted by Gasteiger charge is -2.37. The van der Waals surface area contributed by atoms with Crippen LogP contribution in [0, 0.1) is 22.6 Å². The Morgan fingerprint density at radius 1 is 1.26 bits per heavy atom. The molecule has 2 amide bonds. The van der Waals surface area contributed by atoms with Crippen molar-refractivity contribution >= 4 is 29.0 Å². The fourth-order valence-electron chi connectivity index (χ4n) is 6.80. The first-order chi connectivity index (χ1) is 20.8. The highest BCUT2D eigenvalue weighted by molar-refractivity contribution is 6.05. The second-order valence-electron chi connectivity index (χ2n) is 11.5. The van der Waals surface area contributed by atoms with Gasteiger partial charge in [0.25, 0.3) is 5.91 Å². The van der Waals surface area contributed by atoms with E-state index < -0.39 is 11.7 Å². The van der Waals surface area contributed by atoms with Gasteiger partial charge in [-0.3, -0.25) is 14.0 Å². The topological polar surface area (TPSA) is 152 Å². The zero-order valence-electron chi connectivity index (χ0n) is 23.5. The molecule has 4 aromatic rings. The van der Waals surface area contributed by atoms with Gasteiger partial charge < -0.3 is 20.7 Å². The third-order valence-electron chi connectivity index (χ3n) is 8.96. The molecule has 43 heavy (non-hydrogen) atoms. The van der Waals surface area contributed by atoms with Gasteiger partial charge in [-0.25, -0.2) is 19.3 Å². The highest BCUT2D eigenvalue weighted by atomic mass is 19.1. The van der Waals surface area contributed by atoms with Crippen molar-refractivity contribution < 1.29 is 18.7 Å². The summed E-state index contributed by atoms with van der Waals surface area (Å²) in [5.41, 5.74) is 7.60. The second-order valence-corrected chi connectivity index (χ2v) is 11.5. The molecule has 5 heterocycles. The minimum Gasteiger partial charge on any atom is -0.493 e. The number of nitrogens with one attached hydrogen (secondary N) is 1. The SMILES string of the molecule is CCOc1cc(C(=O)Nc2cc(C#N)ccn2)cc(F)c1-c1nc(C2CCC3N(C2)C(=O)CC32CC2)n2ccnc(N)c12. The molecular weight excluding hydrogens is 551 g/mol. The van der Waals surface area contributed by atoms with Crippen LogP contribution in [0.15, 0.2) is 42.9 Å². The molecule has 2 saturated heterocycles. The summed E-state index contributed by atoms with van der Waals surface area (Å²) in [6.45, 7) is 2.52. The molecule has 7 rings (SSSR count). The van der Waals surface area contributed by atoms with E-state index in [-0.39, 0.29) is 64.1 Å². The molecule has 2 aliphatic heterocycles. The molecule has 218 valence electrons. The second kappa shape index (κ2) is 10.0. The number of nitrogens with two attached hydrogens (primary N) is 1. The molecule has 2 unspecified atom stereocenters. The first kappa shape index (κ1) is 26.8. The highest BCUT2D eigenvalue weighted by Gasteiger charge is 2.60. The van der Waals surface area contributed by atoms with Crippen molar-refractivity contribution in [3.63, 3.8) is 0 Å². The zero-order chi connectivity index (χ0) is 29.9. The summed E-state index contributed by atoms with van der Waals surface area (Å²) in [4.78, 5) is 41.3. The number of fused-ring (bicyclic) bond motifs is 3. The molecule has 11 nitrogen and oxygen atoms in total. The Hall–Kier alpha value is -5.05. The van der Waals surface area contributed by atoms with Crippen LogP contribution >= 0.6 is 0 Å². The number of hydrogen-bond acceptors (Lipinski definition) is 8. The molecular formula is C31H29FN8O3. The number of carbonyl (C=O) groups is 2. The van der Waals surface area contributed by atoms with Crippen molar-refractivity contribution in [3.8, 4) is 23.1 Å². The maximum Gasteiger partial charge on any atom is 0.257 e. The number of rotatable bonds is 6. The fourth-order valence-corrected chi connectivity index (χ4v) is 6.80. The summed E-state index contributed by atoms with van der Waals surface area (Å²) in [5, 5.41) is 11.7. The predicted molar refractivity (Wildman–Crippen MR) is 155 cm³/mol. The quantitative estimate of drug-likeness (QED) is 0.343. The van der Waals surface area contributed by atoms with E-state index in [1.54, 1.807) is 19.3 Å². The van der Waals surface area contributed by atoms with E-state index in [1.165, 1.54) is 24.4 Å². The number of nitrogens with zero attached hydrogens (tertiary/aromatic N) is 6. The number of nitriles is 1. The number of anilines is 2. The van der Waals surface area contributed by atoms with Gasteiger partial charge in [0.05, 0.1) is 23.8 Å². The Balaban J connectivity index is 1.28. The minimum absolute atomic E-state index is 0.00330. The predicted octanol–water partition coefficient (Wildman–Crippen LogP) is 4.29. The molecule has 1 aliphatic carbocycles. The number of carbonyl (C=O) groups excluding carboxylic acids is 2. The number of amides is 2. The van der Waals surface area contributed by atoms with E-state index in [0.29, 0.717) is 29.9 Å². The van der Waals surface area contributed by atoms with Gasteiger partial charge in [0.1, 0.15) is 40.2 Å². The number of halogens is 1. The van der Waals surface area contributed by atoms with Crippen molar-refractivity contribution in [2.75, 3.05) is 24.2 Å². The molecule has 1 aromatic carbocycles. The lowest BCUT2D eigenvalue weighted by molar-refractivity contribution is -0.130. The average molecular weight is 581 g/mol. The smallest absolute Gasteiger partial charge is 0.257 e.